The topological polar surface area (TPSA) is 26.3 Å². The molecule has 156 valence electrons. The third kappa shape index (κ3) is 14.3. The Kier molecular flexibility index (Phi) is 18.8. The summed E-state index contributed by atoms with van der Waals surface area (Å²) in [6, 6.07) is 0. The molecule has 0 aliphatic rings. The summed E-state index contributed by atoms with van der Waals surface area (Å²) in [5.74, 6) is 0.148. The summed E-state index contributed by atoms with van der Waals surface area (Å²) in [4.78, 5) is 12.6. The van der Waals surface area contributed by atoms with Gasteiger partial charge in [0.1, 0.15) is 0 Å². The molecule has 0 N–H and O–H groups in total. The Morgan fingerprint density at radius 1 is 0.577 bits per heavy atom. The molecule has 0 spiro atoms. The fourth-order valence-electron chi connectivity index (χ4n) is 3.72. The zero-order chi connectivity index (χ0) is 19.5. The fraction of sp³-hybridized carbons (Fsp3) is 0.957. The number of hydrogen-bond acceptors (Lipinski definition) is 2. The molecule has 0 aromatic rings. The Labute approximate surface area is 169 Å². The molecule has 0 amide bonds. The normalized spacial score (nSPS) is 11.7. The van der Waals surface area contributed by atoms with Crippen molar-refractivity contribution in [3.05, 3.63) is 0 Å². The molecule has 0 saturated heterocycles. The fourth-order valence-corrected chi connectivity index (χ4v) is 16.9. The average Bonchev–Trinajstić information content (AvgIpc) is 2.65. The SMILES string of the molecule is CCCCCCCCCCC(=O)[O][Sn]([CH2]CCC)([CH2]CCC)[CH2]CCC. The number of carbonyl (C=O) groups excluding carboxylic acids is 1. The van der Waals surface area contributed by atoms with E-state index in [1.54, 1.807) is 0 Å². The van der Waals surface area contributed by atoms with Crippen molar-refractivity contribution >= 4 is 24.8 Å². The van der Waals surface area contributed by atoms with E-state index in [2.05, 4.69) is 27.7 Å². The van der Waals surface area contributed by atoms with E-state index in [-0.39, 0.29) is 5.97 Å². The summed E-state index contributed by atoms with van der Waals surface area (Å²) in [5.41, 5.74) is 0. The van der Waals surface area contributed by atoms with Crippen molar-refractivity contribution in [2.75, 3.05) is 0 Å². The van der Waals surface area contributed by atoms with Crippen molar-refractivity contribution in [2.45, 2.75) is 137 Å². The first-order valence-electron chi connectivity index (χ1n) is 11.9. The first-order valence-corrected chi connectivity index (χ1v) is 19.1. The van der Waals surface area contributed by atoms with Gasteiger partial charge in [0.05, 0.1) is 0 Å². The second-order valence-electron chi connectivity index (χ2n) is 8.19. The van der Waals surface area contributed by atoms with Crippen LogP contribution in [0.5, 0.6) is 0 Å². The van der Waals surface area contributed by atoms with Crippen molar-refractivity contribution in [1.82, 2.24) is 0 Å². The van der Waals surface area contributed by atoms with Crippen molar-refractivity contribution in [1.29, 1.82) is 0 Å². The van der Waals surface area contributed by atoms with Crippen LogP contribution in [0.25, 0.3) is 0 Å². The van der Waals surface area contributed by atoms with Gasteiger partial charge < -0.3 is 0 Å². The van der Waals surface area contributed by atoms with Gasteiger partial charge in [-0.25, -0.2) is 0 Å². The van der Waals surface area contributed by atoms with Gasteiger partial charge in [0.15, 0.2) is 0 Å². The summed E-state index contributed by atoms with van der Waals surface area (Å²) in [7, 11) is 0. The molecule has 0 aliphatic carbocycles. The first-order chi connectivity index (χ1) is 12.6. The predicted octanol–water partition coefficient (Wildman–Crippen LogP) is 8.41. The Balaban J connectivity index is 4.28. The van der Waals surface area contributed by atoms with Crippen LogP contribution < -0.4 is 0 Å². The average molecular weight is 475 g/mol. The molecule has 0 rings (SSSR count). The van der Waals surface area contributed by atoms with Crippen LogP contribution in [-0.4, -0.2) is 24.8 Å². The first kappa shape index (κ1) is 26.3. The Hall–Kier alpha value is 0.269. The zero-order valence-electron chi connectivity index (χ0n) is 18.5. The van der Waals surface area contributed by atoms with Crippen LogP contribution in [0.4, 0.5) is 0 Å². The van der Waals surface area contributed by atoms with Gasteiger partial charge in [-0.1, -0.05) is 0 Å². The van der Waals surface area contributed by atoms with E-state index in [0.29, 0.717) is 6.42 Å². The van der Waals surface area contributed by atoms with Gasteiger partial charge in [-0.15, -0.1) is 0 Å². The summed E-state index contributed by atoms with van der Waals surface area (Å²) >= 11 is -2.72. The molecule has 0 heterocycles. The standard InChI is InChI=1S/C11H22O2.3C4H9.Sn/c1-2-3-4-5-6-7-8-9-10-11(12)13;3*1-3-4-2;/h2-10H2,1H3,(H,12,13);3*1,3-4H2,2H3;/q;;;;+1/p-1. The Bertz CT molecular complexity index is 296. The molecular formula is C23H48O2Sn. The molecule has 0 atom stereocenters. The van der Waals surface area contributed by atoms with Gasteiger partial charge >= 0.3 is 170 Å². The van der Waals surface area contributed by atoms with Gasteiger partial charge in [0, 0.05) is 0 Å². The molecule has 0 aliphatic heterocycles. The monoisotopic (exact) mass is 476 g/mol. The van der Waals surface area contributed by atoms with Crippen LogP contribution in [-0.2, 0) is 7.87 Å². The number of unbranched alkanes of at least 4 members (excludes halogenated alkanes) is 10. The minimum atomic E-state index is -2.72. The van der Waals surface area contributed by atoms with Gasteiger partial charge in [-0.05, 0) is 0 Å². The molecule has 0 bridgehead atoms. The molecule has 26 heavy (non-hydrogen) atoms. The van der Waals surface area contributed by atoms with E-state index in [0.717, 1.165) is 6.42 Å². The quantitative estimate of drug-likeness (QED) is 0.139. The number of carbonyl (C=O) groups is 1. The Morgan fingerprint density at radius 3 is 1.38 bits per heavy atom. The maximum atomic E-state index is 12.6. The molecule has 3 heteroatoms. The molecule has 0 fully saturated rings. The van der Waals surface area contributed by atoms with E-state index < -0.39 is 18.8 Å². The second-order valence-corrected chi connectivity index (χ2v) is 19.8. The van der Waals surface area contributed by atoms with E-state index >= 15 is 0 Å². The van der Waals surface area contributed by atoms with E-state index in [9.17, 15) is 4.79 Å². The molecule has 0 aromatic carbocycles. The summed E-state index contributed by atoms with van der Waals surface area (Å²) < 4.78 is 10.1. The zero-order valence-corrected chi connectivity index (χ0v) is 21.4. The maximum absolute atomic E-state index is 12.6. The summed E-state index contributed by atoms with van der Waals surface area (Å²) in [6.45, 7) is 9.05. The molecule has 0 unspecified atom stereocenters. The minimum absolute atomic E-state index is 0.148. The third-order valence-electron chi connectivity index (χ3n) is 5.52. The van der Waals surface area contributed by atoms with Crippen molar-refractivity contribution < 1.29 is 7.87 Å². The molecule has 0 saturated carbocycles. The summed E-state index contributed by atoms with van der Waals surface area (Å²) in [5, 5.41) is 0. The number of rotatable bonds is 19. The van der Waals surface area contributed by atoms with Crippen molar-refractivity contribution in [3.8, 4) is 0 Å². The number of hydrogen-bond donors (Lipinski definition) is 0. The van der Waals surface area contributed by atoms with Crippen LogP contribution in [0.1, 0.15) is 124 Å². The summed E-state index contributed by atoms with van der Waals surface area (Å²) in [6.07, 6.45) is 18.4. The van der Waals surface area contributed by atoms with Crippen molar-refractivity contribution in [2.24, 2.45) is 0 Å². The van der Waals surface area contributed by atoms with Crippen LogP contribution in [0.2, 0.25) is 13.3 Å². The molecule has 0 aromatic heterocycles. The van der Waals surface area contributed by atoms with E-state index in [1.165, 1.54) is 96.8 Å². The van der Waals surface area contributed by atoms with Crippen molar-refractivity contribution in [3.63, 3.8) is 0 Å². The van der Waals surface area contributed by atoms with Gasteiger partial charge in [0.25, 0.3) is 0 Å². The van der Waals surface area contributed by atoms with Crippen LogP contribution in [0.3, 0.4) is 0 Å². The predicted molar refractivity (Wildman–Crippen MR) is 118 cm³/mol. The van der Waals surface area contributed by atoms with Crippen LogP contribution in [0, 0.1) is 0 Å². The molecule has 2 nitrogen and oxygen atoms in total. The van der Waals surface area contributed by atoms with Crippen LogP contribution >= 0.6 is 0 Å². The third-order valence-corrected chi connectivity index (χ3v) is 18.2. The van der Waals surface area contributed by atoms with Gasteiger partial charge in [-0.2, -0.15) is 0 Å². The second kappa shape index (κ2) is 18.6. The molecule has 0 radical (unpaired) electrons. The van der Waals surface area contributed by atoms with E-state index in [4.69, 9.17) is 3.07 Å². The Morgan fingerprint density at radius 2 is 0.962 bits per heavy atom. The van der Waals surface area contributed by atoms with E-state index in [1.807, 2.05) is 0 Å². The van der Waals surface area contributed by atoms with Gasteiger partial charge in [-0.3, -0.25) is 0 Å². The molecular weight excluding hydrogens is 427 g/mol. The van der Waals surface area contributed by atoms with Gasteiger partial charge in [0.2, 0.25) is 0 Å². The van der Waals surface area contributed by atoms with Crippen LogP contribution in [0.15, 0.2) is 0 Å².